The molecule has 5 nitrogen and oxygen atoms in total. The lowest BCUT2D eigenvalue weighted by Crippen LogP contribution is -2.15. The molecule has 0 bridgehead atoms. The van der Waals surface area contributed by atoms with Gasteiger partial charge in [-0.05, 0) is 29.8 Å². The van der Waals surface area contributed by atoms with Crippen LogP contribution in [0.2, 0.25) is 0 Å². The molecule has 0 spiro atoms. The number of benzene rings is 2. The number of carbonyl (C=O) groups excluding carboxylic acids is 2. The van der Waals surface area contributed by atoms with Gasteiger partial charge >= 0.3 is 5.97 Å². The average molecular weight is 320 g/mol. The second-order valence-electron chi connectivity index (χ2n) is 5.29. The number of esters is 1. The minimum Gasteiger partial charge on any atom is -0.465 e. The maximum absolute atomic E-state index is 12.3. The van der Waals surface area contributed by atoms with Gasteiger partial charge in [-0.25, -0.2) is 4.79 Å². The van der Waals surface area contributed by atoms with Gasteiger partial charge in [0.1, 0.15) is 0 Å². The Morgan fingerprint density at radius 3 is 2.71 bits per heavy atom. The molecule has 0 atom stereocenters. The number of nitrogens with one attached hydrogen (secondary N) is 1. The van der Waals surface area contributed by atoms with E-state index in [1.54, 1.807) is 30.5 Å². The van der Waals surface area contributed by atoms with Gasteiger partial charge < -0.3 is 10.1 Å². The molecule has 0 radical (unpaired) electrons. The molecule has 1 N–H and O–H groups in total. The molecule has 1 aromatic heterocycles. The summed E-state index contributed by atoms with van der Waals surface area (Å²) < 4.78 is 4.68. The van der Waals surface area contributed by atoms with Crippen LogP contribution in [-0.4, -0.2) is 24.0 Å². The first-order valence-corrected chi connectivity index (χ1v) is 7.48. The van der Waals surface area contributed by atoms with E-state index >= 15 is 0 Å². The third-order valence-corrected chi connectivity index (χ3v) is 3.63. The highest BCUT2D eigenvalue weighted by atomic mass is 16.5. The van der Waals surface area contributed by atoms with E-state index in [2.05, 4.69) is 15.0 Å². The number of rotatable bonds is 4. The van der Waals surface area contributed by atoms with E-state index < -0.39 is 5.97 Å². The topological polar surface area (TPSA) is 68.3 Å². The van der Waals surface area contributed by atoms with Crippen LogP contribution in [0.1, 0.15) is 15.9 Å². The summed E-state index contributed by atoms with van der Waals surface area (Å²) in [5.74, 6) is -0.612. The lowest BCUT2D eigenvalue weighted by atomic mass is 10.1. The maximum Gasteiger partial charge on any atom is 0.337 e. The van der Waals surface area contributed by atoms with Crippen LogP contribution in [-0.2, 0) is 16.0 Å². The third-order valence-electron chi connectivity index (χ3n) is 3.63. The molecular formula is C19H16N2O3. The molecule has 0 fully saturated rings. The van der Waals surface area contributed by atoms with Crippen molar-refractivity contribution in [2.75, 3.05) is 12.4 Å². The van der Waals surface area contributed by atoms with Crippen LogP contribution in [0.5, 0.6) is 0 Å². The van der Waals surface area contributed by atoms with Gasteiger partial charge in [0.05, 0.1) is 24.6 Å². The first-order chi connectivity index (χ1) is 11.7. The quantitative estimate of drug-likeness (QED) is 0.750. The summed E-state index contributed by atoms with van der Waals surface area (Å²) >= 11 is 0. The number of hydrogen-bond donors (Lipinski definition) is 1. The Kier molecular flexibility index (Phi) is 4.52. The van der Waals surface area contributed by atoms with Gasteiger partial charge in [0.25, 0.3) is 0 Å². The number of ether oxygens (including phenoxy) is 1. The number of methoxy groups -OCH3 is 1. The number of aromatic nitrogens is 1. The number of anilines is 1. The molecule has 3 aromatic rings. The van der Waals surface area contributed by atoms with Gasteiger partial charge in [-0.1, -0.05) is 30.3 Å². The Morgan fingerprint density at radius 2 is 1.88 bits per heavy atom. The van der Waals surface area contributed by atoms with Crippen LogP contribution in [0, 0.1) is 0 Å². The lowest BCUT2D eigenvalue weighted by molar-refractivity contribution is -0.115. The molecule has 3 rings (SSSR count). The van der Waals surface area contributed by atoms with Crippen molar-refractivity contribution in [3.8, 4) is 0 Å². The van der Waals surface area contributed by atoms with Crippen LogP contribution in [0.3, 0.4) is 0 Å². The van der Waals surface area contributed by atoms with E-state index in [0.29, 0.717) is 11.3 Å². The number of fused-ring (bicyclic) bond motifs is 1. The van der Waals surface area contributed by atoms with Crippen molar-refractivity contribution < 1.29 is 14.3 Å². The minimum atomic E-state index is -0.440. The zero-order valence-corrected chi connectivity index (χ0v) is 13.2. The van der Waals surface area contributed by atoms with Crippen LogP contribution in [0.4, 0.5) is 5.69 Å². The number of hydrogen-bond acceptors (Lipinski definition) is 4. The predicted molar refractivity (Wildman–Crippen MR) is 91.9 cm³/mol. The summed E-state index contributed by atoms with van der Waals surface area (Å²) in [5, 5.41) is 3.80. The minimum absolute atomic E-state index is 0.171. The molecule has 24 heavy (non-hydrogen) atoms. The Balaban J connectivity index is 1.77. The van der Waals surface area contributed by atoms with Crippen molar-refractivity contribution in [1.82, 2.24) is 4.98 Å². The van der Waals surface area contributed by atoms with Gasteiger partial charge in [0.15, 0.2) is 0 Å². The second kappa shape index (κ2) is 6.91. The average Bonchev–Trinajstić information content (AvgIpc) is 2.61. The highest BCUT2D eigenvalue weighted by molar-refractivity contribution is 5.97. The van der Waals surface area contributed by atoms with Crippen molar-refractivity contribution in [3.63, 3.8) is 0 Å². The molecule has 1 heterocycles. The van der Waals surface area contributed by atoms with Gasteiger partial charge in [-0.2, -0.15) is 0 Å². The Morgan fingerprint density at radius 1 is 1.08 bits per heavy atom. The fraction of sp³-hybridized carbons (Fsp3) is 0.105. The molecule has 0 saturated heterocycles. The van der Waals surface area contributed by atoms with Crippen LogP contribution in [0.25, 0.3) is 10.9 Å². The van der Waals surface area contributed by atoms with Crippen LogP contribution < -0.4 is 5.32 Å². The summed E-state index contributed by atoms with van der Waals surface area (Å²) in [6.45, 7) is 0. The van der Waals surface area contributed by atoms with E-state index in [1.165, 1.54) is 7.11 Å². The van der Waals surface area contributed by atoms with Crippen molar-refractivity contribution in [2.45, 2.75) is 6.42 Å². The van der Waals surface area contributed by atoms with Crippen molar-refractivity contribution >= 4 is 28.5 Å². The molecule has 0 aliphatic carbocycles. The maximum atomic E-state index is 12.3. The Labute approximate surface area is 139 Å². The van der Waals surface area contributed by atoms with Crippen LogP contribution in [0.15, 0.2) is 60.8 Å². The third kappa shape index (κ3) is 3.41. The number of para-hydroxylation sites is 1. The summed E-state index contributed by atoms with van der Waals surface area (Å²) in [7, 11) is 1.32. The highest BCUT2D eigenvalue weighted by Gasteiger charge is 2.10. The standard InChI is InChI=1S/C19H16N2O3/c1-24-19(23)15-7-3-9-16(11-15)21-17(22)12-14-6-2-5-13-8-4-10-20-18(13)14/h2-11H,12H2,1H3,(H,21,22). The number of pyridine rings is 1. The zero-order valence-electron chi connectivity index (χ0n) is 13.2. The molecule has 120 valence electrons. The molecule has 1 amide bonds. The molecule has 5 heteroatoms. The van der Waals surface area contributed by atoms with Crippen molar-refractivity contribution in [3.05, 3.63) is 71.9 Å². The van der Waals surface area contributed by atoms with E-state index in [9.17, 15) is 9.59 Å². The number of amides is 1. The number of carbonyl (C=O) groups is 2. The first kappa shape index (κ1) is 15.7. The molecule has 0 aliphatic heterocycles. The Hall–Kier alpha value is -3.21. The van der Waals surface area contributed by atoms with Crippen molar-refractivity contribution in [2.24, 2.45) is 0 Å². The summed E-state index contributed by atoms with van der Waals surface area (Å²) in [6.07, 6.45) is 1.92. The van der Waals surface area contributed by atoms with E-state index in [-0.39, 0.29) is 12.3 Å². The monoisotopic (exact) mass is 320 g/mol. The summed E-state index contributed by atoms with van der Waals surface area (Å²) in [5.41, 5.74) is 2.62. The van der Waals surface area contributed by atoms with Gasteiger partial charge in [-0.3, -0.25) is 9.78 Å². The lowest BCUT2D eigenvalue weighted by Gasteiger charge is -2.08. The van der Waals surface area contributed by atoms with Crippen molar-refractivity contribution in [1.29, 1.82) is 0 Å². The molecule has 0 aliphatic rings. The Bertz CT molecular complexity index is 901. The van der Waals surface area contributed by atoms with Gasteiger partial charge in [0, 0.05) is 17.3 Å². The van der Waals surface area contributed by atoms with E-state index in [4.69, 9.17) is 0 Å². The molecule has 2 aromatic carbocycles. The second-order valence-corrected chi connectivity index (χ2v) is 5.29. The summed E-state index contributed by atoms with van der Waals surface area (Å²) in [4.78, 5) is 28.2. The van der Waals surface area contributed by atoms with Gasteiger partial charge in [0.2, 0.25) is 5.91 Å². The number of nitrogens with zero attached hydrogens (tertiary/aromatic N) is 1. The SMILES string of the molecule is COC(=O)c1cccc(NC(=O)Cc2cccc3cccnc23)c1. The van der Waals surface area contributed by atoms with E-state index in [0.717, 1.165) is 16.5 Å². The largest absolute Gasteiger partial charge is 0.465 e. The summed E-state index contributed by atoms with van der Waals surface area (Å²) in [6, 6.07) is 16.2. The molecule has 0 unspecified atom stereocenters. The molecular weight excluding hydrogens is 304 g/mol. The normalized spacial score (nSPS) is 10.4. The predicted octanol–water partition coefficient (Wildman–Crippen LogP) is 3.20. The fourth-order valence-corrected chi connectivity index (χ4v) is 2.53. The smallest absolute Gasteiger partial charge is 0.337 e. The first-order valence-electron chi connectivity index (χ1n) is 7.48. The zero-order chi connectivity index (χ0) is 16.9. The fourth-order valence-electron chi connectivity index (χ4n) is 2.53. The highest BCUT2D eigenvalue weighted by Crippen LogP contribution is 2.17. The van der Waals surface area contributed by atoms with Gasteiger partial charge in [-0.15, -0.1) is 0 Å². The van der Waals surface area contributed by atoms with Crippen LogP contribution >= 0.6 is 0 Å². The molecule has 0 saturated carbocycles. The van der Waals surface area contributed by atoms with E-state index in [1.807, 2.05) is 30.3 Å².